The van der Waals surface area contributed by atoms with Gasteiger partial charge in [0.25, 0.3) is 0 Å². The summed E-state index contributed by atoms with van der Waals surface area (Å²) in [6.07, 6.45) is 4.78. The number of benzene rings is 2. The lowest BCUT2D eigenvalue weighted by atomic mass is 10.0. The molecule has 0 N–H and O–H groups in total. The van der Waals surface area contributed by atoms with Crippen molar-refractivity contribution in [2.75, 3.05) is 0 Å². The van der Waals surface area contributed by atoms with Crippen LogP contribution in [0.5, 0.6) is 0 Å². The molecule has 0 bridgehead atoms. The summed E-state index contributed by atoms with van der Waals surface area (Å²) in [5.74, 6) is 0.635. The molecule has 0 unspecified atom stereocenters. The van der Waals surface area contributed by atoms with E-state index in [0.29, 0.717) is 11.3 Å². The fourth-order valence-corrected chi connectivity index (χ4v) is 2.10. The van der Waals surface area contributed by atoms with Crippen LogP contribution in [0.3, 0.4) is 0 Å². The first-order valence-corrected chi connectivity index (χ1v) is 6.74. The van der Waals surface area contributed by atoms with Gasteiger partial charge in [-0.25, -0.2) is 0 Å². The van der Waals surface area contributed by atoms with Crippen molar-refractivity contribution in [2.45, 2.75) is 0 Å². The molecule has 2 nitrogen and oxygen atoms in total. The average Bonchev–Trinajstić information content (AvgIpc) is 3.07. The molecule has 102 valence electrons. The maximum atomic E-state index is 12.1. The highest BCUT2D eigenvalue weighted by atomic mass is 16.3. The Bertz CT molecular complexity index is 736. The lowest BCUT2D eigenvalue weighted by Crippen LogP contribution is -1.93. The van der Waals surface area contributed by atoms with Crippen molar-refractivity contribution in [2.24, 2.45) is 0 Å². The van der Waals surface area contributed by atoms with Gasteiger partial charge in [0.1, 0.15) is 5.76 Å². The number of carbonyl (C=O) groups excluding carboxylic acids is 1. The highest BCUT2D eigenvalue weighted by molar-refractivity contribution is 6.06. The van der Waals surface area contributed by atoms with Gasteiger partial charge in [-0.3, -0.25) is 4.79 Å². The van der Waals surface area contributed by atoms with E-state index in [1.165, 1.54) is 6.08 Å². The molecule has 0 fully saturated rings. The van der Waals surface area contributed by atoms with Crippen molar-refractivity contribution in [3.8, 4) is 11.1 Å². The third-order valence-corrected chi connectivity index (χ3v) is 3.22. The first kappa shape index (κ1) is 13.1. The topological polar surface area (TPSA) is 30.2 Å². The molecule has 0 spiro atoms. The number of allylic oxidation sites excluding steroid dienone is 1. The van der Waals surface area contributed by atoms with Gasteiger partial charge in [-0.2, -0.15) is 0 Å². The number of hydrogen-bond acceptors (Lipinski definition) is 2. The lowest BCUT2D eigenvalue weighted by molar-refractivity contribution is 0.104. The quantitative estimate of drug-likeness (QED) is 0.503. The van der Waals surface area contributed by atoms with Gasteiger partial charge in [-0.05, 0) is 35.4 Å². The second kappa shape index (κ2) is 6.06. The zero-order chi connectivity index (χ0) is 14.5. The molecule has 0 aliphatic carbocycles. The van der Waals surface area contributed by atoms with Crippen LogP contribution in [0.25, 0.3) is 17.2 Å². The van der Waals surface area contributed by atoms with Gasteiger partial charge in [0, 0.05) is 5.56 Å². The minimum absolute atomic E-state index is 0.0361. The van der Waals surface area contributed by atoms with Gasteiger partial charge < -0.3 is 4.42 Å². The van der Waals surface area contributed by atoms with E-state index in [1.807, 2.05) is 60.7 Å². The Labute approximate surface area is 123 Å². The van der Waals surface area contributed by atoms with Crippen molar-refractivity contribution in [3.05, 3.63) is 90.4 Å². The van der Waals surface area contributed by atoms with E-state index in [9.17, 15) is 4.79 Å². The van der Waals surface area contributed by atoms with Crippen molar-refractivity contribution in [1.82, 2.24) is 0 Å². The number of ketones is 1. The summed E-state index contributed by atoms with van der Waals surface area (Å²) in [6, 6.07) is 21.3. The van der Waals surface area contributed by atoms with E-state index < -0.39 is 0 Å². The first-order valence-electron chi connectivity index (χ1n) is 6.74. The summed E-state index contributed by atoms with van der Waals surface area (Å²) in [5.41, 5.74) is 2.90. The molecule has 0 amide bonds. The third-order valence-electron chi connectivity index (χ3n) is 3.22. The average molecular weight is 274 g/mol. The van der Waals surface area contributed by atoms with Crippen LogP contribution in [0.1, 0.15) is 16.1 Å². The Morgan fingerprint density at radius 3 is 2.19 bits per heavy atom. The van der Waals surface area contributed by atoms with Crippen LogP contribution >= 0.6 is 0 Å². The largest absolute Gasteiger partial charge is 0.465 e. The van der Waals surface area contributed by atoms with Gasteiger partial charge in [0.05, 0.1) is 6.26 Å². The molecule has 1 heterocycles. The monoisotopic (exact) mass is 274 g/mol. The van der Waals surface area contributed by atoms with Crippen molar-refractivity contribution in [1.29, 1.82) is 0 Å². The molecular formula is C19H14O2. The fourth-order valence-electron chi connectivity index (χ4n) is 2.10. The molecule has 3 aromatic rings. The molecule has 0 saturated heterocycles. The van der Waals surface area contributed by atoms with Gasteiger partial charge in [0.15, 0.2) is 5.78 Å². The maximum absolute atomic E-state index is 12.1. The fraction of sp³-hybridized carbons (Fsp3) is 0. The van der Waals surface area contributed by atoms with Gasteiger partial charge in [-0.15, -0.1) is 0 Å². The molecule has 2 heteroatoms. The standard InChI is InChI=1S/C19H14O2/c20-19(13-12-18-7-4-14-21-18)17-10-8-16(9-11-17)15-5-2-1-3-6-15/h1-14H. The summed E-state index contributed by atoms with van der Waals surface area (Å²) in [7, 11) is 0. The zero-order valence-electron chi connectivity index (χ0n) is 11.4. The van der Waals surface area contributed by atoms with Gasteiger partial charge >= 0.3 is 0 Å². The molecule has 3 rings (SSSR count). The predicted molar refractivity (Wildman–Crippen MR) is 84.0 cm³/mol. The molecule has 1 aromatic heterocycles. The Hall–Kier alpha value is -2.87. The number of furan rings is 1. The number of carbonyl (C=O) groups is 1. The van der Waals surface area contributed by atoms with Crippen molar-refractivity contribution >= 4 is 11.9 Å². The van der Waals surface area contributed by atoms with E-state index >= 15 is 0 Å². The second-order valence-corrected chi connectivity index (χ2v) is 4.66. The van der Waals surface area contributed by atoms with Crippen LogP contribution in [-0.4, -0.2) is 5.78 Å². The Balaban J connectivity index is 1.76. The normalized spacial score (nSPS) is 10.9. The van der Waals surface area contributed by atoms with Crippen LogP contribution in [-0.2, 0) is 0 Å². The minimum atomic E-state index is -0.0361. The smallest absolute Gasteiger partial charge is 0.185 e. The summed E-state index contributed by atoms with van der Waals surface area (Å²) >= 11 is 0. The SMILES string of the molecule is O=C(C=Cc1ccco1)c1ccc(-c2ccccc2)cc1. The molecule has 2 aromatic carbocycles. The second-order valence-electron chi connectivity index (χ2n) is 4.66. The first-order chi connectivity index (χ1) is 10.3. The number of hydrogen-bond donors (Lipinski definition) is 0. The molecule has 0 aliphatic rings. The van der Waals surface area contributed by atoms with Crippen LogP contribution in [0.2, 0.25) is 0 Å². The third kappa shape index (κ3) is 3.18. The summed E-state index contributed by atoms with van der Waals surface area (Å²) in [5, 5.41) is 0. The zero-order valence-corrected chi connectivity index (χ0v) is 11.4. The molecular weight excluding hydrogens is 260 g/mol. The van der Waals surface area contributed by atoms with Crippen LogP contribution < -0.4 is 0 Å². The molecule has 0 atom stereocenters. The Kier molecular flexibility index (Phi) is 3.79. The molecule has 21 heavy (non-hydrogen) atoms. The summed E-state index contributed by atoms with van der Waals surface area (Å²) < 4.78 is 5.16. The highest BCUT2D eigenvalue weighted by Crippen LogP contribution is 2.19. The van der Waals surface area contributed by atoms with E-state index in [2.05, 4.69) is 0 Å². The van der Waals surface area contributed by atoms with E-state index in [4.69, 9.17) is 4.42 Å². The predicted octanol–water partition coefficient (Wildman–Crippen LogP) is 4.84. The number of rotatable bonds is 4. The Morgan fingerprint density at radius 2 is 1.52 bits per heavy atom. The summed E-state index contributed by atoms with van der Waals surface area (Å²) in [4.78, 5) is 12.1. The molecule has 0 saturated carbocycles. The van der Waals surface area contributed by atoms with E-state index in [0.717, 1.165) is 11.1 Å². The van der Waals surface area contributed by atoms with E-state index in [-0.39, 0.29) is 5.78 Å². The molecule has 0 aliphatic heterocycles. The van der Waals surface area contributed by atoms with Crippen LogP contribution in [0.15, 0.2) is 83.5 Å². The maximum Gasteiger partial charge on any atom is 0.185 e. The van der Waals surface area contributed by atoms with Crippen LogP contribution in [0, 0.1) is 0 Å². The van der Waals surface area contributed by atoms with Crippen molar-refractivity contribution < 1.29 is 9.21 Å². The Morgan fingerprint density at radius 1 is 0.810 bits per heavy atom. The van der Waals surface area contributed by atoms with Gasteiger partial charge in [-0.1, -0.05) is 54.6 Å². The molecule has 0 radical (unpaired) electrons. The minimum Gasteiger partial charge on any atom is -0.465 e. The highest BCUT2D eigenvalue weighted by Gasteiger charge is 2.03. The lowest BCUT2D eigenvalue weighted by Gasteiger charge is -2.02. The van der Waals surface area contributed by atoms with Crippen LogP contribution in [0.4, 0.5) is 0 Å². The van der Waals surface area contributed by atoms with Crippen molar-refractivity contribution in [3.63, 3.8) is 0 Å². The van der Waals surface area contributed by atoms with E-state index in [1.54, 1.807) is 18.4 Å². The summed E-state index contributed by atoms with van der Waals surface area (Å²) in [6.45, 7) is 0. The van der Waals surface area contributed by atoms with Gasteiger partial charge in [0.2, 0.25) is 0 Å².